The molecule has 1 aliphatic heterocycles. The average molecular weight is 313 g/mol. The number of carbonyl (C=O) groups excluding carboxylic acids is 2. The molecule has 2 aliphatic carbocycles. The van der Waals surface area contributed by atoms with Crippen molar-refractivity contribution in [1.82, 2.24) is 10.2 Å². The van der Waals surface area contributed by atoms with E-state index in [1.165, 1.54) is 12.8 Å². The number of nitrogens with one attached hydrogen (secondary N) is 2. The first-order valence-electron chi connectivity index (χ1n) is 8.65. The molecule has 2 N–H and O–H groups in total. The summed E-state index contributed by atoms with van der Waals surface area (Å²) < 4.78 is 0. The topological polar surface area (TPSA) is 61.4 Å². The van der Waals surface area contributed by atoms with Crippen LogP contribution in [0.1, 0.15) is 42.5 Å². The first kappa shape index (κ1) is 14.7. The third-order valence-corrected chi connectivity index (χ3v) is 4.96. The number of anilines is 1. The van der Waals surface area contributed by atoms with Crippen molar-refractivity contribution < 1.29 is 9.59 Å². The van der Waals surface area contributed by atoms with Gasteiger partial charge in [0, 0.05) is 42.3 Å². The standard InChI is InChI=1S/C18H23N3O2/c22-17(12-4-5-12)19-14-3-1-2-13(10-14)18(23)20-15-8-9-21(11-15)16-6-7-16/h1-3,10,12,15-16H,4-9,11H2,(H,19,22)(H,20,23)/t15-/m1/s1. The summed E-state index contributed by atoms with van der Waals surface area (Å²) in [6, 6.07) is 8.23. The number of benzene rings is 1. The lowest BCUT2D eigenvalue weighted by Crippen LogP contribution is -2.37. The van der Waals surface area contributed by atoms with E-state index in [2.05, 4.69) is 15.5 Å². The van der Waals surface area contributed by atoms with Crippen molar-refractivity contribution in [1.29, 1.82) is 0 Å². The second-order valence-electron chi connectivity index (χ2n) is 7.03. The lowest BCUT2D eigenvalue weighted by molar-refractivity contribution is -0.117. The van der Waals surface area contributed by atoms with Gasteiger partial charge >= 0.3 is 0 Å². The predicted octanol–water partition coefficient (Wildman–Crippen LogP) is 2.00. The number of carbonyl (C=O) groups is 2. The van der Waals surface area contributed by atoms with Crippen molar-refractivity contribution >= 4 is 17.5 Å². The Morgan fingerprint density at radius 3 is 2.65 bits per heavy atom. The molecule has 1 aromatic carbocycles. The van der Waals surface area contributed by atoms with E-state index in [0.717, 1.165) is 38.4 Å². The minimum absolute atomic E-state index is 0.0461. The zero-order chi connectivity index (χ0) is 15.8. The van der Waals surface area contributed by atoms with Gasteiger partial charge in [-0.2, -0.15) is 0 Å². The van der Waals surface area contributed by atoms with Crippen molar-refractivity contribution in [3.63, 3.8) is 0 Å². The average Bonchev–Trinajstić information content (AvgIpc) is 3.46. The van der Waals surface area contributed by atoms with E-state index in [1.807, 2.05) is 12.1 Å². The van der Waals surface area contributed by atoms with Crippen molar-refractivity contribution in [2.45, 2.75) is 44.2 Å². The highest BCUT2D eigenvalue weighted by atomic mass is 16.2. The van der Waals surface area contributed by atoms with Crippen LogP contribution in [0.4, 0.5) is 5.69 Å². The third-order valence-electron chi connectivity index (χ3n) is 4.96. The van der Waals surface area contributed by atoms with Gasteiger partial charge < -0.3 is 10.6 Å². The second-order valence-corrected chi connectivity index (χ2v) is 7.03. The summed E-state index contributed by atoms with van der Waals surface area (Å²) in [6.07, 6.45) is 5.60. The number of hydrogen-bond acceptors (Lipinski definition) is 3. The van der Waals surface area contributed by atoms with E-state index in [4.69, 9.17) is 0 Å². The molecule has 5 heteroatoms. The van der Waals surface area contributed by atoms with E-state index in [9.17, 15) is 9.59 Å². The molecule has 1 saturated heterocycles. The van der Waals surface area contributed by atoms with Crippen molar-refractivity contribution in [3.8, 4) is 0 Å². The molecule has 0 radical (unpaired) electrons. The fourth-order valence-electron chi connectivity index (χ4n) is 3.27. The highest BCUT2D eigenvalue weighted by Crippen LogP contribution is 2.31. The fourth-order valence-corrected chi connectivity index (χ4v) is 3.27. The quantitative estimate of drug-likeness (QED) is 0.874. The highest BCUT2D eigenvalue weighted by Gasteiger charge is 2.35. The van der Waals surface area contributed by atoms with Gasteiger partial charge in [-0.15, -0.1) is 0 Å². The zero-order valence-electron chi connectivity index (χ0n) is 13.3. The van der Waals surface area contributed by atoms with Gasteiger partial charge in [0.15, 0.2) is 0 Å². The monoisotopic (exact) mass is 313 g/mol. The lowest BCUT2D eigenvalue weighted by Gasteiger charge is -2.16. The molecule has 3 fully saturated rings. The smallest absolute Gasteiger partial charge is 0.251 e. The fraction of sp³-hybridized carbons (Fsp3) is 0.556. The molecule has 3 aliphatic rings. The Balaban J connectivity index is 1.35. The molecule has 0 bridgehead atoms. The first-order chi connectivity index (χ1) is 11.2. The summed E-state index contributed by atoms with van der Waals surface area (Å²) in [7, 11) is 0. The maximum absolute atomic E-state index is 12.4. The van der Waals surface area contributed by atoms with Crippen LogP contribution in [0.25, 0.3) is 0 Å². The van der Waals surface area contributed by atoms with E-state index in [0.29, 0.717) is 11.3 Å². The van der Waals surface area contributed by atoms with E-state index in [1.54, 1.807) is 12.1 Å². The lowest BCUT2D eigenvalue weighted by atomic mass is 10.1. The first-order valence-corrected chi connectivity index (χ1v) is 8.65. The largest absolute Gasteiger partial charge is 0.348 e. The van der Waals surface area contributed by atoms with Crippen molar-refractivity contribution in [3.05, 3.63) is 29.8 Å². The Morgan fingerprint density at radius 2 is 1.91 bits per heavy atom. The number of rotatable bonds is 5. The van der Waals surface area contributed by atoms with Crippen LogP contribution in [0, 0.1) is 5.92 Å². The van der Waals surface area contributed by atoms with Crippen LogP contribution >= 0.6 is 0 Å². The predicted molar refractivity (Wildman–Crippen MR) is 88.3 cm³/mol. The van der Waals surface area contributed by atoms with Gasteiger partial charge in [0.25, 0.3) is 5.91 Å². The Labute approximate surface area is 136 Å². The number of amides is 2. The molecule has 5 nitrogen and oxygen atoms in total. The molecule has 0 spiro atoms. The third kappa shape index (κ3) is 3.55. The molecule has 122 valence electrons. The Bertz CT molecular complexity index is 622. The number of likely N-dealkylation sites (tertiary alicyclic amines) is 1. The molecule has 0 unspecified atom stereocenters. The summed E-state index contributed by atoms with van der Waals surface area (Å²) in [6.45, 7) is 2.06. The van der Waals surface area contributed by atoms with Crippen molar-refractivity contribution in [2.24, 2.45) is 5.92 Å². The summed E-state index contributed by atoms with van der Waals surface area (Å²) >= 11 is 0. The molecule has 2 saturated carbocycles. The van der Waals surface area contributed by atoms with Crippen LogP contribution in [-0.4, -0.2) is 41.9 Å². The van der Waals surface area contributed by atoms with E-state index < -0.39 is 0 Å². The minimum atomic E-state index is -0.0461. The summed E-state index contributed by atoms with van der Waals surface area (Å²) in [5.41, 5.74) is 1.32. The maximum Gasteiger partial charge on any atom is 0.251 e. The van der Waals surface area contributed by atoms with E-state index in [-0.39, 0.29) is 23.8 Å². The molecule has 1 aromatic rings. The molecule has 1 heterocycles. The normalized spacial score (nSPS) is 24.4. The van der Waals surface area contributed by atoms with Crippen LogP contribution in [-0.2, 0) is 4.79 Å². The molecule has 1 atom stereocenters. The van der Waals surface area contributed by atoms with Crippen LogP contribution in [0.5, 0.6) is 0 Å². The van der Waals surface area contributed by atoms with Gasteiger partial charge in [-0.1, -0.05) is 6.07 Å². The molecule has 2 amide bonds. The number of hydrogen-bond donors (Lipinski definition) is 2. The van der Waals surface area contributed by atoms with Gasteiger partial charge in [0.1, 0.15) is 0 Å². The minimum Gasteiger partial charge on any atom is -0.348 e. The van der Waals surface area contributed by atoms with Crippen LogP contribution in [0.2, 0.25) is 0 Å². The van der Waals surface area contributed by atoms with Crippen LogP contribution < -0.4 is 10.6 Å². The number of nitrogens with zero attached hydrogens (tertiary/aromatic N) is 1. The van der Waals surface area contributed by atoms with E-state index >= 15 is 0 Å². The van der Waals surface area contributed by atoms with Crippen LogP contribution in [0.15, 0.2) is 24.3 Å². The summed E-state index contributed by atoms with van der Waals surface area (Å²) in [4.78, 5) is 26.7. The SMILES string of the molecule is O=C(N[C@@H]1CCN(C2CC2)C1)c1cccc(NC(=O)C2CC2)c1. The Kier molecular flexibility index (Phi) is 3.81. The summed E-state index contributed by atoms with van der Waals surface area (Å²) in [5.74, 6) is 0.188. The zero-order valence-corrected chi connectivity index (χ0v) is 13.3. The highest BCUT2D eigenvalue weighted by molar-refractivity contribution is 5.98. The molecule has 23 heavy (non-hydrogen) atoms. The van der Waals surface area contributed by atoms with Gasteiger partial charge in [0.2, 0.25) is 5.91 Å². The molecule has 4 rings (SSSR count). The van der Waals surface area contributed by atoms with Gasteiger partial charge in [-0.05, 0) is 50.3 Å². The molecular formula is C18H23N3O2. The molecular weight excluding hydrogens is 290 g/mol. The van der Waals surface area contributed by atoms with Crippen molar-refractivity contribution in [2.75, 3.05) is 18.4 Å². The maximum atomic E-state index is 12.4. The Hall–Kier alpha value is -1.88. The molecule has 0 aromatic heterocycles. The van der Waals surface area contributed by atoms with Gasteiger partial charge in [0.05, 0.1) is 0 Å². The van der Waals surface area contributed by atoms with Crippen LogP contribution in [0.3, 0.4) is 0 Å². The Morgan fingerprint density at radius 1 is 1.09 bits per heavy atom. The van der Waals surface area contributed by atoms with Gasteiger partial charge in [-0.25, -0.2) is 0 Å². The summed E-state index contributed by atoms with van der Waals surface area (Å²) in [5, 5.41) is 6.03. The van der Waals surface area contributed by atoms with Gasteiger partial charge in [-0.3, -0.25) is 14.5 Å². The second kappa shape index (κ2) is 5.96.